The molecule has 0 aromatic heterocycles. The zero-order valence-corrected chi connectivity index (χ0v) is 10.4. The number of hydrogen-bond donors (Lipinski definition) is 0. The van der Waals surface area contributed by atoms with Gasteiger partial charge in [-0.15, -0.1) is 0 Å². The molecule has 86 valence electrons. The second-order valence-electron chi connectivity index (χ2n) is 3.05. The molecule has 0 aliphatic carbocycles. The fourth-order valence-electron chi connectivity index (χ4n) is 1.02. The third-order valence-corrected chi connectivity index (χ3v) is 3.71. The smallest absolute Gasteiger partial charge is 0.200 e. The van der Waals surface area contributed by atoms with Gasteiger partial charge in [-0.25, -0.2) is 0 Å². The Kier molecular flexibility index (Phi) is 7.47. The molecule has 0 spiro atoms. The highest BCUT2D eigenvalue weighted by Crippen LogP contribution is 2.42. The van der Waals surface area contributed by atoms with Crippen molar-refractivity contribution in [1.29, 1.82) is 0 Å². The van der Waals surface area contributed by atoms with Gasteiger partial charge in [-0.3, -0.25) is 4.57 Å². The molecule has 0 N–H and O–H groups in total. The Labute approximate surface area is 86.4 Å². The predicted molar refractivity (Wildman–Crippen MR) is 57.1 cm³/mol. The maximum Gasteiger partial charge on any atom is 0.200 e. The van der Waals surface area contributed by atoms with Gasteiger partial charge in [-0.2, -0.15) is 0 Å². The first-order valence-electron chi connectivity index (χ1n) is 4.91. The van der Waals surface area contributed by atoms with Gasteiger partial charge in [-0.05, 0) is 13.8 Å². The van der Waals surface area contributed by atoms with E-state index in [0.29, 0.717) is 25.8 Å². The van der Waals surface area contributed by atoms with Gasteiger partial charge < -0.3 is 14.0 Å². The highest BCUT2D eigenvalue weighted by atomic mass is 31.2. The minimum absolute atomic E-state index is 0.256. The molecule has 0 saturated heterocycles. The van der Waals surface area contributed by atoms with Gasteiger partial charge in [0.25, 0.3) is 0 Å². The van der Waals surface area contributed by atoms with Crippen LogP contribution in [0.15, 0.2) is 0 Å². The van der Waals surface area contributed by atoms with E-state index < -0.39 is 7.37 Å². The summed E-state index contributed by atoms with van der Waals surface area (Å²) in [4.78, 5) is 0. The van der Waals surface area contributed by atoms with Gasteiger partial charge >= 0.3 is 0 Å². The van der Waals surface area contributed by atoms with Crippen molar-refractivity contribution in [2.45, 2.75) is 26.6 Å². The topological polar surface area (TPSA) is 44.8 Å². The van der Waals surface area contributed by atoms with Gasteiger partial charge in [0, 0.05) is 39.6 Å². The van der Waals surface area contributed by atoms with Crippen molar-refractivity contribution >= 4 is 7.37 Å². The van der Waals surface area contributed by atoms with Crippen molar-refractivity contribution in [2.75, 3.05) is 33.2 Å². The monoisotopic (exact) mass is 224 g/mol. The van der Waals surface area contributed by atoms with E-state index in [-0.39, 0.29) is 6.29 Å². The maximum absolute atomic E-state index is 11.6. The van der Waals surface area contributed by atoms with E-state index in [1.165, 1.54) is 7.11 Å². The third-order valence-electron chi connectivity index (χ3n) is 1.86. The van der Waals surface area contributed by atoms with E-state index in [1.807, 2.05) is 13.8 Å². The van der Waals surface area contributed by atoms with Crippen molar-refractivity contribution in [3.63, 3.8) is 0 Å². The number of rotatable bonds is 8. The summed E-state index contributed by atoms with van der Waals surface area (Å²) in [6, 6.07) is 0. The molecule has 4 nitrogen and oxygen atoms in total. The lowest BCUT2D eigenvalue weighted by Gasteiger charge is -2.18. The van der Waals surface area contributed by atoms with Crippen LogP contribution in [0.4, 0.5) is 0 Å². The van der Waals surface area contributed by atoms with Crippen LogP contribution >= 0.6 is 7.37 Å². The fourth-order valence-corrected chi connectivity index (χ4v) is 1.88. The molecule has 1 unspecified atom stereocenters. The number of ether oxygens (including phenoxy) is 2. The molecule has 0 amide bonds. The molecule has 0 rings (SSSR count). The first-order chi connectivity index (χ1) is 6.55. The van der Waals surface area contributed by atoms with Crippen LogP contribution in [0.5, 0.6) is 0 Å². The molecule has 0 saturated carbocycles. The minimum Gasteiger partial charge on any atom is -0.353 e. The molecule has 0 aliphatic heterocycles. The summed E-state index contributed by atoms with van der Waals surface area (Å²) < 4.78 is 27.1. The van der Waals surface area contributed by atoms with Crippen LogP contribution in [0.2, 0.25) is 0 Å². The third kappa shape index (κ3) is 6.55. The molecule has 0 fully saturated rings. The van der Waals surface area contributed by atoms with Gasteiger partial charge in [0.2, 0.25) is 0 Å². The molecule has 0 bridgehead atoms. The Morgan fingerprint density at radius 1 is 1.21 bits per heavy atom. The summed E-state index contributed by atoms with van der Waals surface area (Å²) in [7, 11) is -0.965. The molecule has 0 aromatic carbocycles. The zero-order chi connectivity index (χ0) is 11.0. The average molecular weight is 224 g/mol. The molecule has 1 atom stereocenters. The zero-order valence-electron chi connectivity index (χ0n) is 9.49. The van der Waals surface area contributed by atoms with E-state index >= 15 is 0 Å². The summed E-state index contributed by atoms with van der Waals surface area (Å²) in [6.07, 6.45) is 0.853. The Morgan fingerprint density at radius 2 is 1.71 bits per heavy atom. The summed E-state index contributed by atoms with van der Waals surface area (Å²) in [5.74, 6) is 0. The Morgan fingerprint density at radius 3 is 2.07 bits per heavy atom. The lowest BCUT2D eigenvalue weighted by molar-refractivity contribution is -0.136. The molecule has 0 radical (unpaired) electrons. The van der Waals surface area contributed by atoms with Gasteiger partial charge in [0.15, 0.2) is 13.7 Å². The van der Waals surface area contributed by atoms with Crippen molar-refractivity contribution in [3.8, 4) is 0 Å². The minimum atomic E-state index is -2.43. The second-order valence-corrected chi connectivity index (χ2v) is 5.89. The molecular weight excluding hydrogens is 203 g/mol. The van der Waals surface area contributed by atoms with Gasteiger partial charge in [0.1, 0.15) is 0 Å². The SMILES string of the molecule is CCOC(CCP(C)(=O)OC)OCC. The van der Waals surface area contributed by atoms with Crippen LogP contribution in [0.25, 0.3) is 0 Å². The normalized spacial score (nSPS) is 15.8. The lowest BCUT2D eigenvalue weighted by atomic mass is 10.5. The van der Waals surface area contributed by atoms with Crippen molar-refractivity contribution in [1.82, 2.24) is 0 Å². The van der Waals surface area contributed by atoms with Crippen LogP contribution in [0.1, 0.15) is 20.3 Å². The summed E-state index contributed by atoms with van der Waals surface area (Å²) in [6.45, 7) is 6.65. The van der Waals surface area contributed by atoms with Crippen LogP contribution in [-0.2, 0) is 18.6 Å². The Bertz CT molecular complexity index is 178. The summed E-state index contributed by atoms with van der Waals surface area (Å²) in [5, 5.41) is 0. The Hall–Kier alpha value is 0.110. The standard InChI is InChI=1S/C9H21O4P/c1-5-12-9(13-6-2)7-8-14(4,10)11-3/h9H,5-8H2,1-4H3. The maximum atomic E-state index is 11.6. The van der Waals surface area contributed by atoms with E-state index in [4.69, 9.17) is 14.0 Å². The van der Waals surface area contributed by atoms with Crippen LogP contribution in [0, 0.1) is 0 Å². The molecule has 0 heterocycles. The summed E-state index contributed by atoms with van der Waals surface area (Å²) in [5.41, 5.74) is 0. The lowest BCUT2D eigenvalue weighted by Crippen LogP contribution is -2.18. The van der Waals surface area contributed by atoms with Crippen LogP contribution in [0.3, 0.4) is 0 Å². The molecule has 0 aromatic rings. The molecule has 14 heavy (non-hydrogen) atoms. The van der Waals surface area contributed by atoms with Crippen LogP contribution < -0.4 is 0 Å². The van der Waals surface area contributed by atoms with Crippen LogP contribution in [-0.4, -0.2) is 39.4 Å². The highest BCUT2D eigenvalue weighted by molar-refractivity contribution is 7.58. The van der Waals surface area contributed by atoms with E-state index in [0.717, 1.165) is 0 Å². The highest BCUT2D eigenvalue weighted by Gasteiger charge is 2.17. The molecule has 0 aliphatic rings. The van der Waals surface area contributed by atoms with Crippen molar-refractivity contribution in [2.24, 2.45) is 0 Å². The van der Waals surface area contributed by atoms with Crippen molar-refractivity contribution in [3.05, 3.63) is 0 Å². The summed E-state index contributed by atoms with van der Waals surface area (Å²) >= 11 is 0. The average Bonchev–Trinajstić information content (AvgIpc) is 2.15. The number of hydrogen-bond acceptors (Lipinski definition) is 4. The first-order valence-corrected chi connectivity index (χ1v) is 7.17. The van der Waals surface area contributed by atoms with E-state index in [2.05, 4.69) is 0 Å². The quantitative estimate of drug-likeness (QED) is 0.469. The second kappa shape index (κ2) is 7.41. The van der Waals surface area contributed by atoms with Crippen molar-refractivity contribution < 1.29 is 18.6 Å². The Balaban J connectivity index is 3.86. The van der Waals surface area contributed by atoms with Gasteiger partial charge in [-0.1, -0.05) is 0 Å². The molecule has 5 heteroatoms. The largest absolute Gasteiger partial charge is 0.353 e. The fraction of sp³-hybridized carbons (Fsp3) is 1.00. The van der Waals surface area contributed by atoms with E-state index in [9.17, 15) is 4.57 Å². The first kappa shape index (κ1) is 14.1. The molecular formula is C9H21O4P. The van der Waals surface area contributed by atoms with Gasteiger partial charge in [0.05, 0.1) is 0 Å². The van der Waals surface area contributed by atoms with E-state index in [1.54, 1.807) is 6.66 Å². The predicted octanol–water partition coefficient (Wildman–Crippen LogP) is 2.33.